The third-order valence-electron chi connectivity index (χ3n) is 3.65. The molecule has 90 valence electrons. The van der Waals surface area contributed by atoms with E-state index >= 15 is 0 Å². The number of hydrogen-bond donors (Lipinski definition) is 1. The Bertz CT molecular complexity index is 157. The van der Waals surface area contributed by atoms with Gasteiger partial charge in [0.1, 0.15) is 0 Å². The van der Waals surface area contributed by atoms with Crippen LogP contribution in [0.1, 0.15) is 58.8 Å². The molecule has 0 amide bonds. The summed E-state index contributed by atoms with van der Waals surface area (Å²) in [5, 5.41) is 0. The second kappa shape index (κ2) is 7.24. The van der Waals surface area contributed by atoms with E-state index in [1.807, 2.05) is 0 Å². The Morgan fingerprint density at radius 3 is 2.80 bits per heavy atom. The quantitative estimate of drug-likeness (QED) is 0.733. The minimum absolute atomic E-state index is 0.426. The van der Waals surface area contributed by atoms with E-state index in [-0.39, 0.29) is 0 Å². The van der Waals surface area contributed by atoms with Crippen LogP contribution in [0, 0.1) is 0 Å². The molecule has 0 aliphatic carbocycles. The lowest BCUT2D eigenvalue weighted by atomic mass is 9.95. The van der Waals surface area contributed by atoms with Crippen LogP contribution in [0.2, 0.25) is 0 Å². The average Bonchev–Trinajstić information content (AvgIpc) is 2.28. The molecule has 2 N–H and O–H groups in total. The monoisotopic (exact) mass is 212 g/mol. The lowest BCUT2D eigenvalue weighted by molar-refractivity contribution is 0.136. The smallest absolute Gasteiger partial charge is 0.00958 e. The minimum atomic E-state index is 0.426. The van der Waals surface area contributed by atoms with Crippen molar-refractivity contribution < 1.29 is 0 Å². The van der Waals surface area contributed by atoms with Crippen LogP contribution in [0.25, 0.3) is 0 Å². The Morgan fingerprint density at radius 2 is 2.13 bits per heavy atom. The number of likely N-dealkylation sites (tertiary alicyclic amines) is 1. The summed E-state index contributed by atoms with van der Waals surface area (Å²) in [5.41, 5.74) is 5.99. The number of nitrogens with two attached hydrogens (primary N) is 1. The highest BCUT2D eigenvalue weighted by Gasteiger charge is 2.21. The van der Waals surface area contributed by atoms with Crippen molar-refractivity contribution >= 4 is 0 Å². The molecule has 0 aromatic carbocycles. The molecule has 0 aromatic rings. The molecule has 1 aliphatic rings. The van der Waals surface area contributed by atoms with Crippen molar-refractivity contribution in [3.63, 3.8) is 0 Å². The maximum atomic E-state index is 5.99. The van der Waals surface area contributed by atoms with Gasteiger partial charge >= 0.3 is 0 Å². The normalized spacial score (nSPS) is 25.4. The van der Waals surface area contributed by atoms with Crippen LogP contribution >= 0.6 is 0 Å². The first-order valence-electron chi connectivity index (χ1n) is 6.77. The van der Waals surface area contributed by atoms with Crippen molar-refractivity contribution in [2.75, 3.05) is 13.1 Å². The summed E-state index contributed by atoms with van der Waals surface area (Å²) in [5.74, 6) is 0. The number of rotatable bonds is 6. The van der Waals surface area contributed by atoms with Gasteiger partial charge in [-0.15, -0.1) is 0 Å². The molecule has 2 unspecified atom stereocenters. The third-order valence-corrected chi connectivity index (χ3v) is 3.65. The standard InChI is InChI=1S/C13H28N2/c1-3-10-15-11-6-5-7-13(15)9-8-12(14)4-2/h12-13H,3-11,14H2,1-2H3. The molecule has 0 bridgehead atoms. The molecule has 15 heavy (non-hydrogen) atoms. The Hall–Kier alpha value is -0.0800. The van der Waals surface area contributed by atoms with Gasteiger partial charge in [-0.25, -0.2) is 0 Å². The average molecular weight is 212 g/mol. The van der Waals surface area contributed by atoms with Crippen LogP contribution in [0.15, 0.2) is 0 Å². The van der Waals surface area contributed by atoms with Gasteiger partial charge in [-0.2, -0.15) is 0 Å². The van der Waals surface area contributed by atoms with Gasteiger partial charge in [0.2, 0.25) is 0 Å². The second-order valence-corrected chi connectivity index (χ2v) is 4.93. The SMILES string of the molecule is CCCN1CCCCC1CCC(N)CC. The van der Waals surface area contributed by atoms with Crippen molar-refractivity contribution in [1.29, 1.82) is 0 Å². The number of piperidine rings is 1. The Morgan fingerprint density at radius 1 is 1.33 bits per heavy atom. The van der Waals surface area contributed by atoms with Crippen LogP contribution in [0.5, 0.6) is 0 Å². The topological polar surface area (TPSA) is 29.3 Å². The molecule has 0 saturated carbocycles. The van der Waals surface area contributed by atoms with E-state index in [4.69, 9.17) is 5.73 Å². The maximum Gasteiger partial charge on any atom is 0.00958 e. The molecule has 0 aromatic heterocycles. The van der Waals surface area contributed by atoms with E-state index in [0.717, 1.165) is 12.5 Å². The van der Waals surface area contributed by atoms with Crippen LogP contribution < -0.4 is 5.73 Å². The zero-order chi connectivity index (χ0) is 11.1. The fourth-order valence-electron chi connectivity index (χ4n) is 2.58. The predicted molar refractivity (Wildman–Crippen MR) is 67.0 cm³/mol. The fourth-order valence-corrected chi connectivity index (χ4v) is 2.58. The van der Waals surface area contributed by atoms with Gasteiger partial charge in [-0.3, -0.25) is 0 Å². The maximum absolute atomic E-state index is 5.99. The predicted octanol–water partition coefficient (Wildman–Crippen LogP) is 2.77. The molecular formula is C13H28N2. The Kier molecular flexibility index (Phi) is 6.26. The summed E-state index contributed by atoms with van der Waals surface area (Å²) < 4.78 is 0. The highest BCUT2D eigenvalue weighted by molar-refractivity contribution is 4.78. The molecule has 1 fully saturated rings. The lowest BCUT2D eigenvalue weighted by Crippen LogP contribution is -2.40. The van der Waals surface area contributed by atoms with E-state index in [1.165, 1.54) is 51.6 Å². The summed E-state index contributed by atoms with van der Waals surface area (Å²) >= 11 is 0. The first kappa shape index (κ1) is 13.0. The zero-order valence-electron chi connectivity index (χ0n) is 10.5. The van der Waals surface area contributed by atoms with Gasteiger partial charge in [0.05, 0.1) is 0 Å². The van der Waals surface area contributed by atoms with Gasteiger partial charge in [0, 0.05) is 12.1 Å². The van der Waals surface area contributed by atoms with Gasteiger partial charge in [-0.1, -0.05) is 20.3 Å². The highest BCUT2D eigenvalue weighted by Crippen LogP contribution is 2.21. The van der Waals surface area contributed by atoms with Crippen molar-refractivity contribution in [3.8, 4) is 0 Å². The van der Waals surface area contributed by atoms with Crippen LogP contribution in [-0.2, 0) is 0 Å². The molecule has 1 aliphatic heterocycles. The fraction of sp³-hybridized carbons (Fsp3) is 1.00. The molecular weight excluding hydrogens is 184 g/mol. The molecule has 0 spiro atoms. The van der Waals surface area contributed by atoms with E-state index < -0.39 is 0 Å². The Labute approximate surface area is 95.2 Å². The van der Waals surface area contributed by atoms with Crippen LogP contribution in [0.4, 0.5) is 0 Å². The van der Waals surface area contributed by atoms with Crippen molar-refractivity contribution in [2.24, 2.45) is 5.73 Å². The van der Waals surface area contributed by atoms with Gasteiger partial charge in [-0.05, 0) is 51.6 Å². The van der Waals surface area contributed by atoms with Gasteiger partial charge in [0.15, 0.2) is 0 Å². The zero-order valence-corrected chi connectivity index (χ0v) is 10.5. The minimum Gasteiger partial charge on any atom is -0.328 e. The summed E-state index contributed by atoms with van der Waals surface area (Å²) in [7, 11) is 0. The van der Waals surface area contributed by atoms with Crippen LogP contribution in [-0.4, -0.2) is 30.1 Å². The molecule has 1 rings (SSSR count). The van der Waals surface area contributed by atoms with Crippen LogP contribution in [0.3, 0.4) is 0 Å². The van der Waals surface area contributed by atoms with E-state index in [0.29, 0.717) is 6.04 Å². The van der Waals surface area contributed by atoms with E-state index in [2.05, 4.69) is 18.7 Å². The van der Waals surface area contributed by atoms with E-state index in [1.54, 1.807) is 0 Å². The summed E-state index contributed by atoms with van der Waals surface area (Å²) in [6, 6.07) is 1.26. The summed E-state index contributed by atoms with van der Waals surface area (Å²) in [4.78, 5) is 2.69. The molecule has 1 heterocycles. The number of nitrogens with zero attached hydrogens (tertiary/aromatic N) is 1. The molecule has 0 radical (unpaired) electrons. The first-order chi connectivity index (χ1) is 7.27. The van der Waals surface area contributed by atoms with E-state index in [9.17, 15) is 0 Å². The third kappa shape index (κ3) is 4.52. The molecule has 2 heteroatoms. The van der Waals surface area contributed by atoms with Crippen molar-refractivity contribution in [2.45, 2.75) is 70.9 Å². The van der Waals surface area contributed by atoms with Crippen molar-refractivity contribution in [3.05, 3.63) is 0 Å². The van der Waals surface area contributed by atoms with Gasteiger partial charge < -0.3 is 10.6 Å². The highest BCUT2D eigenvalue weighted by atomic mass is 15.2. The number of hydrogen-bond acceptors (Lipinski definition) is 2. The summed E-state index contributed by atoms with van der Waals surface area (Å²) in [6.45, 7) is 7.07. The van der Waals surface area contributed by atoms with Gasteiger partial charge in [0.25, 0.3) is 0 Å². The largest absolute Gasteiger partial charge is 0.328 e. The lowest BCUT2D eigenvalue weighted by Gasteiger charge is -2.36. The molecule has 2 nitrogen and oxygen atoms in total. The first-order valence-corrected chi connectivity index (χ1v) is 6.77. The molecule has 1 saturated heterocycles. The Balaban J connectivity index is 2.28. The second-order valence-electron chi connectivity index (χ2n) is 4.93. The molecule has 2 atom stereocenters. The summed E-state index contributed by atoms with van der Waals surface area (Å²) in [6.07, 6.45) is 9.16. The van der Waals surface area contributed by atoms with Crippen molar-refractivity contribution in [1.82, 2.24) is 4.90 Å².